The third kappa shape index (κ3) is 5.05. The van der Waals surface area contributed by atoms with Gasteiger partial charge in [-0.15, -0.1) is 0 Å². The van der Waals surface area contributed by atoms with E-state index in [-0.39, 0.29) is 18.2 Å². The van der Waals surface area contributed by atoms with Gasteiger partial charge in [0, 0.05) is 13.5 Å². The molecule has 0 saturated heterocycles. The first kappa shape index (κ1) is 15.1. The molecule has 0 saturated carbocycles. The van der Waals surface area contributed by atoms with Crippen molar-refractivity contribution in [2.45, 2.75) is 20.3 Å². The van der Waals surface area contributed by atoms with Gasteiger partial charge in [-0.3, -0.25) is 0 Å². The van der Waals surface area contributed by atoms with E-state index in [1.54, 1.807) is 19.1 Å². The number of nitrogens with zero attached hydrogens (tertiary/aromatic N) is 2. The molecule has 1 N–H and O–H groups in total. The molecule has 0 unspecified atom stereocenters. The molecule has 0 fully saturated rings. The molecule has 104 valence electrons. The van der Waals surface area contributed by atoms with Crippen molar-refractivity contribution in [1.29, 1.82) is 0 Å². The standard InChI is InChI=1S/C13H19N3O3/c1-4-7-14-8-10(2)9-19-12-6-5-11(3)15-13(12)16(17)18/h5-6,14H,2,4,7-9H2,1,3H3. The molecule has 0 aliphatic carbocycles. The number of aryl methyl sites for hydroxylation is 1. The maximum Gasteiger partial charge on any atom is 0.406 e. The topological polar surface area (TPSA) is 77.3 Å². The van der Waals surface area contributed by atoms with E-state index in [4.69, 9.17) is 4.74 Å². The van der Waals surface area contributed by atoms with Crippen LogP contribution in [0.2, 0.25) is 0 Å². The fourth-order valence-corrected chi connectivity index (χ4v) is 1.45. The van der Waals surface area contributed by atoms with Crippen molar-refractivity contribution in [1.82, 2.24) is 10.3 Å². The predicted molar refractivity (Wildman–Crippen MR) is 73.4 cm³/mol. The Morgan fingerprint density at radius 3 is 2.95 bits per heavy atom. The van der Waals surface area contributed by atoms with Crippen molar-refractivity contribution in [3.05, 3.63) is 40.1 Å². The van der Waals surface area contributed by atoms with Gasteiger partial charge in [0.2, 0.25) is 5.75 Å². The molecule has 1 aromatic heterocycles. The fourth-order valence-electron chi connectivity index (χ4n) is 1.45. The van der Waals surface area contributed by atoms with Crippen LogP contribution in [0.1, 0.15) is 19.0 Å². The van der Waals surface area contributed by atoms with E-state index in [9.17, 15) is 10.1 Å². The number of hydrogen-bond acceptors (Lipinski definition) is 5. The lowest BCUT2D eigenvalue weighted by Crippen LogP contribution is -2.20. The number of pyridine rings is 1. The van der Waals surface area contributed by atoms with E-state index in [1.807, 2.05) is 0 Å². The predicted octanol–water partition coefficient (Wildman–Crippen LogP) is 2.23. The average molecular weight is 265 g/mol. The Kier molecular flexibility index (Phi) is 5.95. The van der Waals surface area contributed by atoms with Crippen molar-refractivity contribution in [2.75, 3.05) is 19.7 Å². The van der Waals surface area contributed by atoms with Crippen LogP contribution in [-0.4, -0.2) is 29.6 Å². The highest BCUT2D eigenvalue weighted by molar-refractivity contribution is 5.40. The van der Waals surface area contributed by atoms with E-state index in [0.717, 1.165) is 18.5 Å². The van der Waals surface area contributed by atoms with Crippen LogP contribution in [0.25, 0.3) is 0 Å². The van der Waals surface area contributed by atoms with Crippen molar-refractivity contribution >= 4 is 5.82 Å². The normalized spacial score (nSPS) is 10.2. The molecule has 0 aliphatic rings. The maximum absolute atomic E-state index is 10.9. The minimum atomic E-state index is -0.541. The van der Waals surface area contributed by atoms with Crippen molar-refractivity contribution in [2.24, 2.45) is 0 Å². The van der Waals surface area contributed by atoms with Crippen LogP contribution >= 0.6 is 0 Å². The Bertz CT molecular complexity index is 460. The summed E-state index contributed by atoms with van der Waals surface area (Å²) in [6.07, 6.45) is 1.04. The van der Waals surface area contributed by atoms with Crippen LogP contribution in [0.5, 0.6) is 5.75 Å². The second-order valence-electron chi connectivity index (χ2n) is 4.25. The summed E-state index contributed by atoms with van der Waals surface area (Å²) in [5.41, 5.74) is 1.42. The molecule has 19 heavy (non-hydrogen) atoms. The van der Waals surface area contributed by atoms with Crippen molar-refractivity contribution in [3.8, 4) is 5.75 Å². The zero-order valence-corrected chi connectivity index (χ0v) is 11.3. The summed E-state index contributed by atoms with van der Waals surface area (Å²) in [5, 5.41) is 14.0. The number of nitro groups is 1. The van der Waals surface area contributed by atoms with Gasteiger partial charge in [0.15, 0.2) is 0 Å². The van der Waals surface area contributed by atoms with Crippen molar-refractivity contribution in [3.63, 3.8) is 0 Å². The molecule has 0 spiro atoms. The largest absolute Gasteiger partial charge is 0.481 e. The van der Waals surface area contributed by atoms with E-state index >= 15 is 0 Å². The summed E-state index contributed by atoms with van der Waals surface area (Å²) in [6, 6.07) is 3.24. The zero-order valence-electron chi connectivity index (χ0n) is 11.3. The molecule has 0 aromatic carbocycles. The van der Waals surface area contributed by atoms with E-state index < -0.39 is 4.92 Å². The lowest BCUT2D eigenvalue weighted by molar-refractivity contribution is -0.390. The molecular weight excluding hydrogens is 246 g/mol. The SMILES string of the molecule is C=C(CNCCC)COc1ccc(C)nc1[N+](=O)[O-]. The molecule has 0 atom stereocenters. The summed E-state index contributed by atoms with van der Waals surface area (Å²) in [5.74, 6) is -0.0819. The summed E-state index contributed by atoms with van der Waals surface area (Å²) >= 11 is 0. The monoisotopic (exact) mass is 265 g/mol. The van der Waals surface area contributed by atoms with Gasteiger partial charge in [-0.2, -0.15) is 0 Å². The highest BCUT2D eigenvalue weighted by atomic mass is 16.6. The second-order valence-corrected chi connectivity index (χ2v) is 4.25. The van der Waals surface area contributed by atoms with Crippen LogP contribution in [0.3, 0.4) is 0 Å². The molecule has 1 rings (SSSR count). The number of ether oxygens (including phenoxy) is 1. The Morgan fingerprint density at radius 1 is 1.58 bits per heavy atom. The molecule has 1 aromatic rings. The third-order valence-corrected chi connectivity index (χ3v) is 2.39. The molecule has 0 aliphatic heterocycles. The maximum atomic E-state index is 10.9. The minimum Gasteiger partial charge on any atom is -0.481 e. The molecule has 6 nitrogen and oxygen atoms in total. The Hall–Kier alpha value is -1.95. The van der Waals surface area contributed by atoms with Gasteiger partial charge in [-0.1, -0.05) is 13.5 Å². The first-order chi connectivity index (χ1) is 9.04. The van der Waals surface area contributed by atoms with Crippen LogP contribution < -0.4 is 10.1 Å². The van der Waals surface area contributed by atoms with Crippen LogP contribution in [-0.2, 0) is 0 Å². The summed E-state index contributed by atoms with van der Waals surface area (Å²) in [7, 11) is 0. The molecule has 0 radical (unpaired) electrons. The quantitative estimate of drug-likeness (QED) is 0.337. The van der Waals surface area contributed by atoms with E-state index in [0.29, 0.717) is 12.2 Å². The Balaban J connectivity index is 2.57. The van der Waals surface area contributed by atoms with Gasteiger partial charge in [-0.25, -0.2) is 0 Å². The Morgan fingerprint density at radius 2 is 2.32 bits per heavy atom. The third-order valence-electron chi connectivity index (χ3n) is 2.39. The summed E-state index contributed by atoms with van der Waals surface area (Å²) < 4.78 is 5.40. The second kappa shape index (κ2) is 7.48. The lowest BCUT2D eigenvalue weighted by atomic mass is 10.3. The first-order valence-electron chi connectivity index (χ1n) is 6.16. The molecule has 1 heterocycles. The summed E-state index contributed by atoms with van der Waals surface area (Å²) in [4.78, 5) is 14.2. The van der Waals surface area contributed by atoms with Gasteiger partial charge >= 0.3 is 5.82 Å². The molecule has 0 amide bonds. The number of aromatic nitrogens is 1. The summed E-state index contributed by atoms with van der Waals surface area (Å²) in [6.45, 7) is 9.42. The highest BCUT2D eigenvalue weighted by Gasteiger charge is 2.17. The Labute approximate surface area is 112 Å². The number of nitrogens with one attached hydrogen (secondary N) is 1. The molecule has 6 heteroatoms. The molecular formula is C13H19N3O3. The molecule has 0 bridgehead atoms. The minimum absolute atomic E-state index is 0.173. The van der Waals surface area contributed by atoms with Gasteiger partial charge in [0.25, 0.3) is 0 Å². The van der Waals surface area contributed by atoms with Gasteiger partial charge in [0.05, 0.1) is 0 Å². The smallest absolute Gasteiger partial charge is 0.406 e. The number of rotatable bonds is 8. The highest BCUT2D eigenvalue weighted by Crippen LogP contribution is 2.24. The fraction of sp³-hybridized carbons (Fsp3) is 0.462. The van der Waals surface area contributed by atoms with Crippen LogP contribution in [0.4, 0.5) is 5.82 Å². The average Bonchev–Trinajstić information content (AvgIpc) is 2.37. The van der Waals surface area contributed by atoms with Gasteiger partial charge in [-0.05, 0) is 40.6 Å². The zero-order chi connectivity index (χ0) is 14.3. The van der Waals surface area contributed by atoms with Crippen molar-refractivity contribution < 1.29 is 9.66 Å². The van der Waals surface area contributed by atoms with Crippen LogP contribution in [0.15, 0.2) is 24.3 Å². The van der Waals surface area contributed by atoms with Gasteiger partial charge in [0.1, 0.15) is 12.3 Å². The lowest BCUT2D eigenvalue weighted by Gasteiger charge is -2.09. The van der Waals surface area contributed by atoms with Crippen LogP contribution in [0, 0.1) is 17.0 Å². The number of hydrogen-bond donors (Lipinski definition) is 1. The van der Waals surface area contributed by atoms with Gasteiger partial charge < -0.3 is 20.2 Å². The first-order valence-corrected chi connectivity index (χ1v) is 6.16. The van der Waals surface area contributed by atoms with E-state index in [1.165, 1.54) is 0 Å². The van der Waals surface area contributed by atoms with E-state index in [2.05, 4.69) is 23.8 Å².